The van der Waals surface area contributed by atoms with Crippen LogP contribution in [0.5, 0.6) is 0 Å². The molecule has 0 saturated carbocycles. The van der Waals surface area contributed by atoms with Crippen molar-refractivity contribution in [1.82, 2.24) is 0 Å². The standard InChI is InChI=1S/C17H13ClN2O3S/c18-10-4-1-3-9(7-10)15(21)20-16-12(8-19)14-11(17(22)23)5-2-6-13(14)24-16/h1,3-4,7,11H,2,5-6H2,(H,20,21)(H,22,23). The fraction of sp³-hybridized carbons (Fsp3) is 0.235. The van der Waals surface area contributed by atoms with E-state index in [1.54, 1.807) is 18.2 Å². The van der Waals surface area contributed by atoms with E-state index >= 15 is 0 Å². The van der Waals surface area contributed by atoms with Crippen molar-refractivity contribution in [1.29, 1.82) is 5.26 Å². The molecule has 0 fully saturated rings. The van der Waals surface area contributed by atoms with E-state index in [-0.39, 0.29) is 11.5 Å². The molecule has 0 radical (unpaired) electrons. The highest BCUT2D eigenvalue weighted by Gasteiger charge is 2.33. The molecule has 2 aromatic rings. The fourth-order valence-corrected chi connectivity index (χ4v) is 4.35. The smallest absolute Gasteiger partial charge is 0.311 e. The Morgan fingerprint density at radius 2 is 2.21 bits per heavy atom. The first-order valence-corrected chi connectivity index (χ1v) is 8.56. The molecule has 1 aromatic heterocycles. The van der Waals surface area contributed by atoms with E-state index in [9.17, 15) is 20.0 Å². The van der Waals surface area contributed by atoms with Gasteiger partial charge in [0.25, 0.3) is 5.91 Å². The number of carboxylic acid groups (broad SMARTS) is 1. The van der Waals surface area contributed by atoms with E-state index in [2.05, 4.69) is 11.4 Å². The van der Waals surface area contributed by atoms with Gasteiger partial charge in [-0.05, 0) is 37.5 Å². The van der Waals surface area contributed by atoms with Crippen LogP contribution in [0.3, 0.4) is 0 Å². The number of nitrogens with one attached hydrogen (secondary N) is 1. The maximum atomic E-state index is 12.4. The molecule has 1 atom stereocenters. The summed E-state index contributed by atoms with van der Waals surface area (Å²) in [4.78, 5) is 24.7. The summed E-state index contributed by atoms with van der Waals surface area (Å²) < 4.78 is 0. The number of carboxylic acids is 1. The van der Waals surface area contributed by atoms with Crippen molar-refractivity contribution in [2.75, 3.05) is 5.32 Å². The van der Waals surface area contributed by atoms with Gasteiger partial charge in [0.15, 0.2) is 0 Å². The Morgan fingerprint density at radius 3 is 2.88 bits per heavy atom. The average Bonchev–Trinajstić information content (AvgIpc) is 2.91. The van der Waals surface area contributed by atoms with Crippen LogP contribution in [0, 0.1) is 11.3 Å². The maximum Gasteiger partial charge on any atom is 0.311 e. The number of aliphatic carboxylic acids is 1. The molecule has 1 unspecified atom stereocenters. The molecular formula is C17H13ClN2O3S. The molecule has 1 amide bonds. The van der Waals surface area contributed by atoms with E-state index in [0.717, 1.165) is 17.7 Å². The molecule has 7 heteroatoms. The van der Waals surface area contributed by atoms with Crippen molar-refractivity contribution in [3.8, 4) is 6.07 Å². The minimum Gasteiger partial charge on any atom is -0.481 e. The van der Waals surface area contributed by atoms with E-state index in [1.807, 2.05) is 0 Å². The Hall–Kier alpha value is -2.36. The maximum absolute atomic E-state index is 12.4. The largest absolute Gasteiger partial charge is 0.481 e. The van der Waals surface area contributed by atoms with E-state index < -0.39 is 11.9 Å². The van der Waals surface area contributed by atoms with Gasteiger partial charge in [0.05, 0.1) is 11.5 Å². The molecule has 3 rings (SSSR count). The van der Waals surface area contributed by atoms with Crippen LogP contribution in [0.15, 0.2) is 24.3 Å². The zero-order chi connectivity index (χ0) is 17.3. The molecule has 0 aliphatic heterocycles. The van der Waals surface area contributed by atoms with Gasteiger partial charge in [-0.15, -0.1) is 11.3 Å². The molecule has 1 aliphatic rings. The number of nitrogens with zero attached hydrogens (tertiary/aromatic N) is 1. The van der Waals surface area contributed by atoms with Gasteiger partial charge in [0.2, 0.25) is 0 Å². The van der Waals surface area contributed by atoms with Gasteiger partial charge in [0, 0.05) is 21.0 Å². The Balaban J connectivity index is 1.97. The molecular weight excluding hydrogens is 348 g/mol. The van der Waals surface area contributed by atoms with Gasteiger partial charge < -0.3 is 10.4 Å². The molecule has 1 aromatic carbocycles. The van der Waals surface area contributed by atoms with E-state index in [4.69, 9.17) is 11.6 Å². The quantitative estimate of drug-likeness (QED) is 0.864. The highest BCUT2D eigenvalue weighted by molar-refractivity contribution is 7.16. The van der Waals surface area contributed by atoms with Crippen LogP contribution in [0.25, 0.3) is 0 Å². The number of halogens is 1. The van der Waals surface area contributed by atoms with Gasteiger partial charge in [-0.3, -0.25) is 9.59 Å². The summed E-state index contributed by atoms with van der Waals surface area (Å²) in [7, 11) is 0. The topological polar surface area (TPSA) is 90.2 Å². The van der Waals surface area contributed by atoms with Crippen LogP contribution in [0.2, 0.25) is 5.02 Å². The predicted octanol–water partition coefficient (Wildman–Crippen LogP) is 4.03. The van der Waals surface area contributed by atoms with E-state index in [1.165, 1.54) is 17.4 Å². The number of carbonyl (C=O) groups is 2. The van der Waals surface area contributed by atoms with Crippen molar-refractivity contribution in [2.45, 2.75) is 25.2 Å². The number of carbonyl (C=O) groups excluding carboxylic acids is 1. The molecule has 24 heavy (non-hydrogen) atoms. The third-order valence-electron chi connectivity index (χ3n) is 3.99. The van der Waals surface area contributed by atoms with Crippen LogP contribution in [-0.2, 0) is 11.2 Å². The van der Waals surface area contributed by atoms with E-state index in [0.29, 0.717) is 27.6 Å². The van der Waals surface area contributed by atoms with Gasteiger partial charge in [-0.2, -0.15) is 5.26 Å². The lowest BCUT2D eigenvalue weighted by atomic mass is 9.85. The Morgan fingerprint density at radius 1 is 1.42 bits per heavy atom. The van der Waals surface area contributed by atoms with Crippen molar-refractivity contribution in [3.05, 3.63) is 50.9 Å². The van der Waals surface area contributed by atoms with Crippen molar-refractivity contribution >= 4 is 39.8 Å². The highest BCUT2D eigenvalue weighted by atomic mass is 35.5. The summed E-state index contributed by atoms with van der Waals surface area (Å²) in [5, 5.41) is 22.5. The average molecular weight is 361 g/mol. The second-order valence-electron chi connectivity index (χ2n) is 5.50. The van der Waals surface area contributed by atoms with Crippen LogP contribution < -0.4 is 5.32 Å². The number of hydrogen-bond acceptors (Lipinski definition) is 4. The Labute approximate surface area is 147 Å². The first-order valence-electron chi connectivity index (χ1n) is 7.36. The molecule has 1 heterocycles. The minimum atomic E-state index is -0.932. The van der Waals surface area contributed by atoms with Gasteiger partial charge in [-0.25, -0.2) is 0 Å². The second-order valence-corrected chi connectivity index (χ2v) is 7.04. The molecule has 1 aliphatic carbocycles. The number of fused-ring (bicyclic) bond motifs is 1. The van der Waals surface area contributed by atoms with Crippen molar-refractivity contribution in [2.24, 2.45) is 0 Å². The van der Waals surface area contributed by atoms with Crippen LogP contribution in [0.4, 0.5) is 5.00 Å². The molecule has 0 bridgehead atoms. The van der Waals surface area contributed by atoms with Crippen molar-refractivity contribution < 1.29 is 14.7 Å². The Bertz CT molecular complexity index is 869. The fourth-order valence-electron chi connectivity index (χ4n) is 2.91. The number of nitriles is 1. The van der Waals surface area contributed by atoms with Crippen molar-refractivity contribution in [3.63, 3.8) is 0 Å². The number of hydrogen-bond donors (Lipinski definition) is 2. The monoisotopic (exact) mass is 360 g/mol. The van der Waals surface area contributed by atoms with Gasteiger partial charge >= 0.3 is 5.97 Å². The number of rotatable bonds is 3. The molecule has 122 valence electrons. The summed E-state index contributed by atoms with van der Waals surface area (Å²) in [6.07, 6.45) is 2.00. The molecule has 0 saturated heterocycles. The van der Waals surface area contributed by atoms with Crippen LogP contribution in [-0.4, -0.2) is 17.0 Å². The lowest BCUT2D eigenvalue weighted by Gasteiger charge is -2.18. The normalized spacial score (nSPS) is 16.1. The summed E-state index contributed by atoms with van der Waals surface area (Å²) in [6.45, 7) is 0. The number of amides is 1. The second kappa shape index (κ2) is 6.63. The summed E-state index contributed by atoms with van der Waals surface area (Å²) in [6, 6.07) is 8.56. The lowest BCUT2D eigenvalue weighted by Crippen LogP contribution is -2.17. The Kier molecular flexibility index (Phi) is 4.56. The lowest BCUT2D eigenvalue weighted by molar-refractivity contribution is -0.139. The first kappa shape index (κ1) is 16.5. The summed E-state index contributed by atoms with van der Waals surface area (Å²) in [5.74, 6) is -1.99. The van der Waals surface area contributed by atoms with Crippen LogP contribution >= 0.6 is 22.9 Å². The number of benzene rings is 1. The summed E-state index contributed by atoms with van der Waals surface area (Å²) in [5.41, 5.74) is 1.20. The third kappa shape index (κ3) is 3.01. The number of thiophene rings is 1. The van der Waals surface area contributed by atoms with Gasteiger partial charge in [-0.1, -0.05) is 17.7 Å². The first-order chi connectivity index (χ1) is 11.5. The highest BCUT2D eigenvalue weighted by Crippen LogP contribution is 2.43. The summed E-state index contributed by atoms with van der Waals surface area (Å²) >= 11 is 7.18. The molecule has 5 nitrogen and oxygen atoms in total. The molecule has 0 spiro atoms. The predicted molar refractivity (Wildman–Crippen MR) is 91.8 cm³/mol. The van der Waals surface area contributed by atoms with Gasteiger partial charge in [0.1, 0.15) is 11.1 Å². The third-order valence-corrected chi connectivity index (χ3v) is 5.41. The number of aryl methyl sites for hydroxylation is 1. The molecule has 2 N–H and O–H groups in total. The zero-order valence-electron chi connectivity index (χ0n) is 12.5. The SMILES string of the molecule is N#Cc1c(NC(=O)c2cccc(Cl)c2)sc2c1C(C(=O)O)CCC2. The minimum absolute atomic E-state index is 0.262. The number of anilines is 1. The zero-order valence-corrected chi connectivity index (χ0v) is 14.1. The van der Waals surface area contributed by atoms with Crippen LogP contribution in [0.1, 0.15) is 45.1 Å².